The molecule has 0 aliphatic carbocycles. The Morgan fingerprint density at radius 3 is 0.967 bits per heavy atom. The van der Waals surface area contributed by atoms with Gasteiger partial charge in [-0.15, -0.1) is 0 Å². The van der Waals surface area contributed by atoms with Crippen molar-refractivity contribution in [3.63, 3.8) is 0 Å². The van der Waals surface area contributed by atoms with Crippen LogP contribution in [0.2, 0.25) is 0 Å². The van der Waals surface area contributed by atoms with Gasteiger partial charge in [0, 0.05) is 25.7 Å². The number of carbonyl (C=O) groups excluding carboxylic acids is 4. The van der Waals surface area contributed by atoms with Crippen molar-refractivity contribution in [1.29, 1.82) is 0 Å². The molecule has 0 heterocycles. The Morgan fingerprint density at radius 1 is 0.359 bits per heavy atom. The highest BCUT2D eigenvalue weighted by molar-refractivity contribution is 7.47. The number of phosphoric ester groups is 2. The third kappa shape index (κ3) is 64.9. The predicted octanol–water partition coefficient (Wildman–Crippen LogP) is 20.6. The largest absolute Gasteiger partial charge is 0.472 e. The molecule has 19 heteroatoms. The Bertz CT molecular complexity index is 1900. The molecule has 542 valence electrons. The van der Waals surface area contributed by atoms with E-state index in [1.54, 1.807) is 0 Å². The van der Waals surface area contributed by atoms with Crippen molar-refractivity contribution in [1.82, 2.24) is 0 Å². The van der Waals surface area contributed by atoms with Gasteiger partial charge in [0.15, 0.2) is 12.2 Å². The molecule has 0 bridgehead atoms. The summed E-state index contributed by atoms with van der Waals surface area (Å²) in [5.74, 6) is 0.0938. The van der Waals surface area contributed by atoms with Crippen LogP contribution >= 0.6 is 15.6 Å². The maximum atomic E-state index is 13.0. The summed E-state index contributed by atoms with van der Waals surface area (Å²) in [6.07, 6.45) is 50.8. The number of unbranched alkanes of at least 4 members (excludes halogenated alkanes) is 33. The Hall–Kier alpha value is -2.46. The highest BCUT2D eigenvalue weighted by Gasteiger charge is 2.30. The summed E-state index contributed by atoms with van der Waals surface area (Å²) in [6.45, 7) is 11.7. The molecular weight excluding hydrogens is 1210 g/mol. The molecule has 3 N–H and O–H groups in total. The lowest BCUT2D eigenvalue weighted by atomic mass is 9.99. The van der Waals surface area contributed by atoms with Gasteiger partial charge in [-0.1, -0.05) is 291 Å². The Labute approximate surface area is 561 Å². The first-order valence-corrected chi connectivity index (χ1v) is 40.2. The predicted molar refractivity (Wildman–Crippen MR) is 372 cm³/mol. The molecule has 6 atom stereocenters. The lowest BCUT2D eigenvalue weighted by Gasteiger charge is -2.21. The number of ether oxygens (including phenoxy) is 4. The molecule has 0 aliphatic rings. The van der Waals surface area contributed by atoms with E-state index in [9.17, 15) is 43.2 Å². The van der Waals surface area contributed by atoms with Crippen LogP contribution in [0.25, 0.3) is 0 Å². The smallest absolute Gasteiger partial charge is 0.462 e. The molecule has 0 fully saturated rings. The summed E-state index contributed by atoms with van der Waals surface area (Å²) in [5.41, 5.74) is 0. The number of hydrogen-bond donors (Lipinski definition) is 3. The number of carbonyl (C=O) groups is 4. The summed E-state index contributed by atoms with van der Waals surface area (Å²) in [5, 5.41) is 10.6. The van der Waals surface area contributed by atoms with Crippen molar-refractivity contribution in [2.24, 2.45) is 17.8 Å². The van der Waals surface area contributed by atoms with Crippen molar-refractivity contribution in [3.05, 3.63) is 24.3 Å². The summed E-state index contributed by atoms with van der Waals surface area (Å²) in [7, 11) is -9.92. The molecule has 0 aliphatic heterocycles. The number of hydrogen-bond acceptors (Lipinski definition) is 15. The van der Waals surface area contributed by atoms with E-state index in [0.29, 0.717) is 31.6 Å². The number of phosphoric acid groups is 2. The van der Waals surface area contributed by atoms with Crippen molar-refractivity contribution in [3.8, 4) is 0 Å². The van der Waals surface area contributed by atoms with Gasteiger partial charge in [-0.25, -0.2) is 9.13 Å². The first kappa shape index (κ1) is 89.5. The van der Waals surface area contributed by atoms with E-state index in [1.807, 2.05) is 0 Å². The van der Waals surface area contributed by atoms with E-state index >= 15 is 0 Å². The zero-order valence-electron chi connectivity index (χ0n) is 59.5. The van der Waals surface area contributed by atoms with Crippen molar-refractivity contribution in [2.45, 2.75) is 362 Å². The Balaban J connectivity index is 5.29. The number of esters is 4. The quantitative estimate of drug-likeness (QED) is 0.0169. The molecule has 3 unspecified atom stereocenters. The van der Waals surface area contributed by atoms with Crippen LogP contribution in [-0.4, -0.2) is 96.7 Å². The highest BCUT2D eigenvalue weighted by atomic mass is 31.2. The van der Waals surface area contributed by atoms with E-state index < -0.39 is 97.5 Å². The number of rotatable bonds is 69. The fourth-order valence-corrected chi connectivity index (χ4v) is 12.1. The molecule has 0 aromatic carbocycles. The van der Waals surface area contributed by atoms with E-state index in [4.69, 9.17) is 37.0 Å². The maximum Gasteiger partial charge on any atom is 0.472 e. The topological polar surface area (TPSA) is 237 Å². The summed E-state index contributed by atoms with van der Waals surface area (Å²) in [4.78, 5) is 72.6. The second-order valence-corrected chi connectivity index (χ2v) is 29.7. The standard InChI is InChI=1S/C73H138O17P2/c1-8-10-11-12-13-14-15-16-17-18-21-28-33-42-49-56-72(77)89-68(60-83-70(75)54-47-40-32-27-24-23-26-31-39-46-53-66(7)9-2)62-87-91(79,80)85-58-67(74)59-86-92(81,82)88-63-69(61-84-71(76)55-48-41-36-35-38-45-52-65(5)6)90-73(78)57-50-43-34-29-22-19-20-25-30-37-44-51-64(3)4/h14-17,64-69,74H,8-13,18-63H2,1-7H3,(H,79,80)(H,81,82)/b15-14-,17-16-/t66?,67-,68-,69-/m1/s1. The second kappa shape index (κ2) is 63.3. The normalized spacial score (nSPS) is 14.6. The summed E-state index contributed by atoms with van der Waals surface area (Å²) < 4.78 is 68.3. The SMILES string of the molecule is CCCCCC/C=C\C=C/CCCCCCCC(=O)O[C@H](COC(=O)CCCCCCCCCCCCC(C)CC)COP(=O)(O)OC[C@@H](O)COP(=O)(O)OC[C@@H](COC(=O)CCCCCCCCC(C)C)OC(=O)CCCCCCCCCCCCCC(C)C. The van der Waals surface area contributed by atoms with Gasteiger partial charge < -0.3 is 33.8 Å². The minimum absolute atomic E-state index is 0.0844. The van der Waals surface area contributed by atoms with Gasteiger partial charge in [0.05, 0.1) is 26.4 Å². The summed E-state index contributed by atoms with van der Waals surface area (Å²) in [6, 6.07) is 0. The van der Waals surface area contributed by atoms with Gasteiger partial charge in [-0.05, 0) is 69.1 Å². The van der Waals surface area contributed by atoms with Gasteiger partial charge >= 0.3 is 39.5 Å². The maximum absolute atomic E-state index is 13.0. The lowest BCUT2D eigenvalue weighted by molar-refractivity contribution is -0.161. The molecule has 0 saturated carbocycles. The van der Waals surface area contributed by atoms with Gasteiger partial charge in [0.1, 0.15) is 19.3 Å². The van der Waals surface area contributed by atoms with Crippen LogP contribution in [0.1, 0.15) is 344 Å². The molecule has 0 aromatic heterocycles. The van der Waals surface area contributed by atoms with Crippen LogP contribution in [0.5, 0.6) is 0 Å². The molecule has 0 saturated heterocycles. The molecule has 0 amide bonds. The van der Waals surface area contributed by atoms with Crippen LogP contribution < -0.4 is 0 Å². The fraction of sp³-hybridized carbons (Fsp3) is 0.890. The molecule has 0 aromatic rings. The van der Waals surface area contributed by atoms with Crippen molar-refractivity contribution < 1.29 is 80.2 Å². The van der Waals surface area contributed by atoms with Gasteiger partial charge in [0.2, 0.25) is 0 Å². The number of allylic oxidation sites excluding steroid dienone is 4. The zero-order valence-corrected chi connectivity index (χ0v) is 61.3. The van der Waals surface area contributed by atoms with Gasteiger partial charge in [-0.2, -0.15) is 0 Å². The lowest BCUT2D eigenvalue weighted by Crippen LogP contribution is -2.30. The fourth-order valence-electron chi connectivity index (χ4n) is 10.5. The van der Waals surface area contributed by atoms with E-state index in [2.05, 4.69) is 72.8 Å². The molecule has 0 spiro atoms. The van der Waals surface area contributed by atoms with Crippen molar-refractivity contribution in [2.75, 3.05) is 39.6 Å². The van der Waals surface area contributed by atoms with Gasteiger partial charge in [-0.3, -0.25) is 37.3 Å². The molecule has 17 nitrogen and oxygen atoms in total. The Morgan fingerprint density at radius 2 is 0.641 bits per heavy atom. The molecular formula is C73H138O17P2. The highest BCUT2D eigenvalue weighted by Crippen LogP contribution is 2.45. The minimum Gasteiger partial charge on any atom is -0.462 e. The number of aliphatic hydroxyl groups is 1. The van der Waals surface area contributed by atoms with E-state index in [-0.39, 0.29) is 25.7 Å². The van der Waals surface area contributed by atoms with Crippen LogP contribution in [0.3, 0.4) is 0 Å². The van der Waals surface area contributed by atoms with Crippen LogP contribution in [0.4, 0.5) is 0 Å². The van der Waals surface area contributed by atoms with E-state index in [0.717, 1.165) is 121 Å². The third-order valence-corrected chi connectivity index (χ3v) is 18.5. The average Bonchev–Trinajstić information content (AvgIpc) is 1.67. The first-order valence-electron chi connectivity index (χ1n) is 37.2. The Kier molecular flexibility index (Phi) is 61.6. The van der Waals surface area contributed by atoms with Crippen LogP contribution in [0, 0.1) is 17.8 Å². The van der Waals surface area contributed by atoms with E-state index in [1.165, 1.54) is 135 Å². The monoisotopic (exact) mass is 1350 g/mol. The van der Waals surface area contributed by atoms with Gasteiger partial charge in [0.25, 0.3) is 0 Å². The second-order valence-electron chi connectivity index (χ2n) is 26.8. The molecule has 0 radical (unpaired) electrons. The zero-order chi connectivity index (χ0) is 68.0. The molecule has 0 rings (SSSR count). The minimum atomic E-state index is -4.96. The number of aliphatic hydroxyl groups excluding tert-OH is 1. The summed E-state index contributed by atoms with van der Waals surface area (Å²) >= 11 is 0. The average molecular weight is 1350 g/mol. The van der Waals surface area contributed by atoms with Crippen molar-refractivity contribution >= 4 is 39.5 Å². The molecule has 92 heavy (non-hydrogen) atoms. The third-order valence-electron chi connectivity index (χ3n) is 16.6. The van der Waals surface area contributed by atoms with Crippen LogP contribution in [0.15, 0.2) is 24.3 Å². The van der Waals surface area contributed by atoms with Crippen LogP contribution in [-0.2, 0) is 65.4 Å². The first-order chi connectivity index (χ1) is 44.3.